The van der Waals surface area contributed by atoms with Gasteiger partial charge >= 0.3 is 12.0 Å². The predicted octanol–water partition coefficient (Wildman–Crippen LogP) is 3.75. The molecule has 1 saturated heterocycles. The summed E-state index contributed by atoms with van der Waals surface area (Å²) in [6.45, 7) is 13.9. The van der Waals surface area contributed by atoms with E-state index in [2.05, 4.69) is 38.2 Å². The number of esters is 1. The number of aryl methyl sites for hydroxylation is 2. The molecule has 0 bridgehead atoms. The quantitative estimate of drug-likeness (QED) is 0.595. The summed E-state index contributed by atoms with van der Waals surface area (Å²) in [5, 5.41) is 2.71. The van der Waals surface area contributed by atoms with E-state index in [0.29, 0.717) is 12.8 Å². The first kappa shape index (κ1) is 21.9. The third-order valence-corrected chi connectivity index (χ3v) is 5.68. The Kier molecular flexibility index (Phi) is 6.21. The summed E-state index contributed by atoms with van der Waals surface area (Å²) in [4.78, 5) is 38.0. The summed E-state index contributed by atoms with van der Waals surface area (Å²) >= 11 is 0. The molecular formula is C22H32N2O4. The third kappa shape index (κ3) is 4.21. The van der Waals surface area contributed by atoms with Crippen molar-refractivity contribution in [2.24, 2.45) is 0 Å². The van der Waals surface area contributed by atoms with Gasteiger partial charge in [-0.3, -0.25) is 14.5 Å². The molecule has 1 N–H and O–H groups in total. The number of hydrogen-bond donors (Lipinski definition) is 1. The zero-order chi connectivity index (χ0) is 21.3. The number of nitrogens with zero attached hydrogens (tertiary/aromatic N) is 1. The van der Waals surface area contributed by atoms with Gasteiger partial charge in [-0.25, -0.2) is 4.79 Å². The number of carbonyl (C=O) groups is 3. The molecule has 1 heterocycles. The molecule has 0 saturated carbocycles. The number of benzene rings is 1. The molecule has 6 nitrogen and oxygen atoms in total. The number of ether oxygens (including phenoxy) is 1. The standard InChI is InChI=1S/C22H32N2O4/c1-8-22(9-2)19(26)24(20(27)23-22)12-18(25)28-13-17-14(3)10-16(11-15(17)4)21(5,6)7/h10-11H,8-9,12-13H2,1-7H3,(H,23,27). The Morgan fingerprint density at radius 2 is 1.64 bits per heavy atom. The van der Waals surface area contributed by atoms with Gasteiger partial charge in [0, 0.05) is 0 Å². The van der Waals surface area contributed by atoms with Gasteiger partial charge in [-0.2, -0.15) is 0 Å². The maximum absolute atomic E-state index is 12.6. The van der Waals surface area contributed by atoms with Gasteiger partial charge in [0.1, 0.15) is 18.7 Å². The van der Waals surface area contributed by atoms with E-state index < -0.39 is 17.5 Å². The number of rotatable bonds is 6. The molecule has 3 amide bonds. The van der Waals surface area contributed by atoms with Crippen molar-refractivity contribution in [2.45, 2.75) is 78.9 Å². The van der Waals surface area contributed by atoms with Crippen molar-refractivity contribution < 1.29 is 19.1 Å². The van der Waals surface area contributed by atoms with Crippen molar-refractivity contribution in [1.82, 2.24) is 10.2 Å². The highest BCUT2D eigenvalue weighted by atomic mass is 16.5. The van der Waals surface area contributed by atoms with Crippen molar-refractivity contribution >= 4 is 17.9 Å². The Balaban J connectivity index is 2.06. The monoisotopic (exact) mass is 388 g/mol. The fourth-order valence-electron chi connectivity index (χ4n) is 3.53. The van der Waals surface area contributed by atoms with E-state index in [1.807, 2.05) is 27.7 Å². The Bertz CT molecular complexity index is 765. The van der Waals surface area contributed by atoms with Crippen molar-refractivity contribution in [3.63, 3.8) is 0 Å². The molecule has 1 aromatic carbocycles. The average Bonchev–Trinajstić information content (AvgIpc) is 2.84. The fourth-order valence-corrected chi connectivity index (χ4v) is 3.53. The van der Waals surface area contributed by atoms with Crippen molar-refractivity contribution in [3.05, 3.63) is 34.4 Å². The van der Waals surface area contributed by atoms with Crippen LogP contribution >= 0.6 is 0 Å². The molecule has 0 aromatic heterocycles. The van der Waals surface area contributed by atoms with Gasteiger partial charge in [0.05, 0.1) is 0 Å². The predicted molar refractivity (Wildman–Crippen MR) is 108 cm³/mol. The van der Waals surface area contributed by atoms with E-state index in [1.54, 1.807) is 0 Å². The molecule has 1 aromatic rings. The van der Waals surface area contributed by atoms with Gasteiger partial charge in [0.15, 0.2) is 0 Å². The van der Waals surface area contributed by atoms with Gasteiger partial charge in [0.25, 0.3) is 5.91 Å². The minimum Gasteiger partial charge on any atom is -0.459 e. The number of urea groups is 1. The third-order valence-electron chi connectivity index (χ3n) is 5.68. The molecular weight excluding hydrogens is 356 g/mol. The first-order chi connectivity index (χ1) is 12.9. The maximum atomic E-state index is 12.6. The van der Waals surface area contributed by atoms with E-state index in [-0.39, 0.29) is 24.5 Å². The molecule has 0 spiro atoms. The zero-order valence-electron chi connectivity index (χ0n) is 18.1. The Hall–Kier alpha value is -2.37. The minimum absolute atomic E-state index is 0.0409. The first-order valence-electron chi connectivity index (χ1n) is 9.85. The van der Waals surface area contributed by atoms with Crippen LogP contribution in [-0.4, -0.2) is 34.9 Å². The smallest absolute Gasteiger partial charge is 0.326 e. The van der Waals surface area contributed by atoms with Crippen molar-refractivity contribution in [2.75, 3.05) is 6.54 Å². The van der Waals surface area contributed by atoms with E-state index >= 15 is 0 Å². The lowest BCUT2D eigenvalue weighted by Crippen LogP contribution is -2.46. The summed E-state index contributed by atoms with van der Waals surface area (Å²) in [5.41, 5.74) is 3.43. The van der Waals surface area contributed by atoms with Crippen LogP contribution in [0.2, 0.25) is 0 Å². The first-order valence-corrected chi connectivity index (χ1v) is 9.85. The molecule has 0 atom stereocenters. The van der Waals surface area contributed by atoms with Crippen LogP contribution in [0.4, 0.5) is 4.79 Å². The van der Waals surface area contributed by atoms with E-state index in [9.17, 15) is 14.4 Å². The Morgan fingerprint density at radius 3 is 2.07 bits per heavy atom. The molecule has 154 valence electrons. The number of nitrogens with one attached hydrogen (secondary N) is 1. The highest BCUT2D eigenvalue weighted by molar-refractivity contribution is 6.08. The molecule has 0 aliphatic carbocycles. The second-order valence-corrected chi connectivity index (χ2v) is 8.61. The molecule has 6 heteroatoms. The van der Waals surface area contributed by atoms with Gasteiger partial charge in [-0.1, -0.05) is 46.8 Å². The summed E-state index contributed by atoms with van der Waals surface area (Å²) in [5.74, 6) is -0.952. The zero-order valence-corrected chi connectivity index (χ0v) is 18.1. The van der Waals surface area contributed by atoms with Gasteiger partial charge in [-0.15, -0.1) is 0 Å². The van der Waals surface area contributed by atoms with Crippen LogP contribution in [-0.2, 0) is 26.3 Å². The largest absolute Gasteiger partial charge is 0.459 e. The average molecular weight is 389 g/mol. The topological polar surface area (TPSA) is 75.7 Å². The van der Waals surface area contributed by atoms with E-state index in [1.165, 1.54) is 5.56 Å². The highest BCUT2D eigenvalue weighted by Gasteiger charge is 2.49. The van der Waals surface area contributed by atoms with Gasteiger partial charge in [0.2, 0.25) is 0 Å². The van der Waals surface area contributed by atoms with Crippen molar-refractivity contribution in [3.8, 4) is 0 Å². The summed E-state index contributed by atoms with van der Waals surface area (Å²) in [6.07, 6.45) is 0.969. The lowest BCUT2D eigenvalue weighted by molar-refractivity contribution is -0.149. The summed E-state index contributed by atoms with van der Waals surface area (Å²) in [7, 11) is 0. The van der Waals surface area contributed by atoms with Crippen LogP contribution in [0.1, 0.15) is 69.7 Å². The van der Waals surface area contributed by atoms with Crippen LogP contribution in [0.3, 0.4) is 0 Å². The fraction of sp³-hybridized carbons (Fsp3) is 0.591. The van der Waals surface area contributed by atoms with Crippen LogP contribution in [0.25, 0.3) is 0 Å². The molecule has 1 aliphatic rings. The second-order valence-electron chi connectivity index (χ2n) is 8.61. The molecule has 1 fully saturated rings. The minimum atomic E-state index is -0.909. The Morgan fingerprint density at radius 1 is 1.11 bits per heavy atom. The summed E-state index contributed by atoms with van der Waals surface area (Å²) < 4.78 is 5.40. The highest BCUT2D eigenvalue weighted by Crippen LogP contribution is 2.28. The van der Waals surface area contributed by atoms with Crippen LogP contribution in [0, 0.1) is 13.8 Å². The van der Waals surface area contributed by atoms with Crippen LogP contribution < -0.4 is 5.32 Å². The molecule has 28 heavy (non-hydrogen) atoms. The van der Waals surface area contributed by atoms with E-state index in [4.69, 9.17) is 4.74 Å². The lowest BCUT2D eigenvalue weighted by atomic mass is 9.84. The SMILES string of the molecule is CCC1(CC)NC(=O)N(CC(=O)OCc2c(C)cc(C(C)(C)C)cc2C)C1=O. The molecule has 1 aliphatic heterocycles. The molecule has 0 radical (unpaired) electrons. The number of amides is 3. The number of hydrogen-bond acceptors (Lipinski definition) is 4. The number of imide groups is 1. The van der Waals surface area contributed by atoms with Gasteiger partial charge in [-0.05, 0) is 54.4 Å². The van der Waals surface area contributed by atoms with Crippen molar-refractivity contribution in [1.29, 1.82) is 0 Å². The van der Waals surface area contributed by atoms with Crippen LogP contribution in [0.15, 0.2) is 12.1 Å². The molecule has 2 rings (SSSR count). The van der Waals surface area contributed by atoms with E-state index in [0.717, 1.165) is 21.6 Å². The lowest BCUT2D eigenvalue weighted by Gasteiger charge is -2.23. The molecule has 0 unspecified atom stereocenters. The van der Waals surface area contributed by atoms with Crippen LogP contribution in [0.5, 0.6) is 0 Å². The normalized spacial score (nSPS) is 16.3. The Labute approximate surface area is 167 Å². The van der Waals surface area contributed by atoms with Gasteiger partial charge < -0.3 is 10.1 Å². The number of carbonyl (C=O) groups excluding carboxylic acids is 3. The maximum Gasteiger partial charge on any atom is 0.326 e. The second kappa shape index (κ2) is 7.94. The summed E-state index contributed by atoms with van der Waals surface area (Å²) in [6, 6.07) is 3.70.